The molecule has 1 heterocycles. The Balaban J connectivity index is 1.50. The van der Waals surface area contributed by atoms with E-state index < -0.39 is 0 Å². The van der Waals surface area contributed by atoms with Crippen LogP contribution in [0.3, 0.4) is 0 Å². The first-order chi connectivity index (χ1) is 13.1. The molecule has 0 fully saturated rings. The number of carbonyl (C=O) groups excluding carboxylic acids is 2. The van der Waals surface area contributed by atoms with Crippen molar-refractivity contribution in [1.82, 2.24) is 10.3 Å². The first-order valence-electron chi connectivity index (χ1n) is 8.20. The topological polar surface area (TPSA) is 94.9 Å². The molecule has 0 atom stereocenters. The number of hydrogen-bond donors (Lipinski definition) is 2. The summed E-state index contributed by atoms with van der Waals surface area (Å²) in [6.45, 7) is 0.381. The van der Waals surface area contributed by atoms with Gasteiger partial charge in [-0.3, -0.25) is 14.9 Å². The Kier molecular flexibility index (Phi) is 5.92. The highest BCUT2D eigenvalue weighted by atomic mass is 32.1. The zero-order valence-electron chi connectivity index (χ0n) is 14.3. The van der Waals surface area contributed by atoms with Crippen molar-refractivity contribution in [2.75, 3.05) is 5.32 Å². The normalized spacial score (nSPS) is 10.0. The number of rotatable bonds is 6. The molecule has 1 aromatic heterocycles. The monoisotopic (exact) mass is 376 g/mol. The molecule has 3 aromatic rings. The van der Waals surface area contributed by atoms with Crippen molar-refractivity contribution in [1.29, 1.82) is 5.26 Å². The van der Waals surface area contributed by atoms with Crippen LogP contribution in [-0.2, 0) is 17.8 Å². The quantitative estimate of drug-likeness (QED) is 0.691. The van der Waals surface area contributed by atoms with Crippen LogP contribution >= 0.6 is 11.3 Å². The fourth-order valence-corrected chi connectivity index (χ4v) is 3.03. The summed E-state index contributed by atoms with van der Waals surface area (Å²) in [6.07, 6.45) is 0.133. The molecule has 27 heavy (non-hydrogen) atoms. The smallest absolute Gasteiger partial charge is 0.257 e. The molecule has 2 N–H and O–H groups in total. The van der Waals surface area contributed by atoms with Crippen molar-refractivity contribution in [2.45, 2.75) is 13.0 Å². The maximum atomic E-state index is 12.1. The van der Waals surface area contributed by atoms with E-state index in [1.807, 2.05) is 6.07 Å². The van der Waals surface area contributed by atoms with E-state index in [2.05, 4.69) is 21.7 Å². The molecule has 0 saturated carbocycles. The lowest BCUT2D eigenvalue weighted by atomic mass is 10.1. The van der Waals surface area contributed by atoms with Gasteiger partial charge in [0.25, 0.3) is 5.91 Å². The van der Waals surface area contributed by atoms with Crippen LogP contribution in [-0.4, -0.2) is 16.8 Å². The minimum Gasteiger partial charge on any atom is -0.352 e. The number of anilines is 1. The molecule has 134 valence electrons. The van der Waals surface area contributed by atoms with Gasteiger partial charge < -0.3 is 5.32 Å². The average molecular weight is 376 g/mol. The predicted octanol–water partition coefficient (Wildman–Crippen LogP) is 3.13. The van der Waals surface area contributed by atoms with Gasteiger partial charge in [-0.25, -0.2) is 4.98 Å². The number of benzene rings is 2. The van der Waals surface area contributed by atoms with Gasteiger partial charge in [-0.1, -0.05) is 30.3 Å². The zero-order chi connectivity index (χ0) is 19.1. The van der Waals surface area contributed by atoms with E-state index in [-0.39, 0.29) is 18.2 Å². The van der Waals surface area contributed by atoms with Crippen LogP contribution in [0.1, 0.15) is 27.2 Å². The SMILES string of the molecule is N#Cc1ccc(CNC(=O)Cc2csc(NC(=O)c3ccccc3)n2)cc1. The molecule has 0 bridgehead atoms. The second-order valence-corrected chi connectivity index (χ2v) is 6.58. The summed E-state index contributed by atoms with van der Waals surface area (Å²) in [6, 6.07) is 18.0. The molecule has 0 aliphatic carbocycles. The fraction of sp³-hybridized carbons (Fsp3) is 0.100. The van der Waals surface area contributed by atoms with E-state index in [4.69, 9.17) is 5.26 Å². The van der Waals surface area contributed by atoms with E-state index in [0.717, 1.165) is 5.56 Å². The second-order valence-electron chi connectivity index (χ2n) is 5.73. The van der Waals surface area contributed by atoms with Gasteiger partial charge in [-0.2, -0.15) is 5.26 Å². The van der Waals surface area contributed by atoms with E-state index in [1.54, 1.807) is 53.9 Å². The van der Waals surface area contributed by atoms with E-state index >= 15 is 0 Å². The van der Waals surface area contributed by atoms with Gasteiger partial charge >= 0.3 is 0 Å². The van der Waals surface area contributed by atoms with Crippen LogP contribution in [0.4, 0.5) is 5.13 Å². The van der Waals surface area contributed by atoms with Gasteiger partial charge in [0.1, 0.15) is 0 Å². The summed E-state index contributed by atoms with van der Waals surface area (Å²) in [5.41, 5.74) is 2.64. The molecule has 0 radical (unpaired) electrons. The largest absolute Gasteiger partial charge is 0.352 e. The maximum absolute atomic E-state index is 12.1. The Hall–Kier alpha value is -3.50. The first kappa shape index (κ1) is 18.3. The van der Waals surface area contributed by atoms with Gasteiger partial charge in [0.05, 0.1) is 23.7 Å². The maximum Gasteiger partial charge on any atom is 0.257 e. The summed E-state index contributed by atoms with van der Waals surface area (Å²) in [5.74, 6) is -0.396. The van der Waals surface area contributed by atoms with Crippen LogP contribution in [0.2, 0.25) is 0 Å². The van der Waals surface area contributed by atoms with Crippen LogP contribution in [0.5, 0.6) is 0 Å². The van der Waals surface area contributed by atoms with Gasteiger partial charge in [0, 0.05) is 17.5 Å². The number of thiazole rings is 1. The summed E-state index contributed by atoms with van der Waals surface area (Å²) in [7, 11) is 0. The van der Waals surface area contributed by atoms with Crippen LogP contribution < -0.4 is 10.6 Å². The van der Waals surface area contributed by atoms with Crippen molar-refractivity contribution in [3.05, 3.63) is 82.4 Å². The molecular weight excluding hydrogens is 360 g/mol. The van der Waals surface area contributed by atoms with Crippen molar-refractivity contribution in [3.63, 3.8) is 0 Å². The number of hydrogen-bond acceptors (Lipinski definition) is 5. The predicted molar refractivity (Wildman–Crippen MR) is 103 cm³/mol. The molecule has 2 amide bonds. The Morgan fingerprint density at radius 2 is 1.81 bits per heavy atom. The highest BCUT2D eigenvalue weighted by Crippen LogP contribution is 2.17. The van der Waals surface area contributed by atoms with Gasteiger partial charge in [0.15, 0.2) is 5.13 Å². The van der Waals surface area contributed by atoms with Crippen molar-refractivity contribution >= 4 is 28.3 Å². The lowest BCUT2D eigenvalue weighted by Gasteiger charge is -2.04. The van der Waals surface area contributed by atoms with E-state index in [9.17, 15) is 9.59 Å². The Bertz CT molecular complexity index is 975. The number of nitrogens with zero attached hydrogens (tertiary/aromatic N) is 2. The van der Waals surface area contributed by atoms with Gasteiger partial charge in [-0.05, 0) is 29.8 Å². The van der Waals surface area contributed by atoms with Crippen molar-refractivity contribution in [2.24, 2.45) is 0 Å². The Morgan fingerprint density at radius 1 is 1.07 bits per heavy atom. The van der Waals surface area contributed by atoms with Crippen molar-refractivity contribution in [3.8, 4) is 6.07 Å². The molecule has 7 heteroatoms. The zero-order valence-corrected chi connectivity index (χ0v) is 15.1. The lowest BCUT2D eigenvalue weighted by Crippen LogP contribution is -2.24. The minimum absolute atomic E-state index is 0.133. The molecule has 0 aliphatic rings. The van der Waals surface area contributed by atoms with Crippen LogP contribution in [0, 0.1) is 11.3 Å². The Morgan fingerprint density at radius 3 is 2.52 bits per heavy atom. The molecule has 3 rings (SSSR count). The molecule has 2 aromatic carbocycles. The molecule has 0 aliphatic heterocycles. The van der Waals surface area contributed by atoms with E-state index in [1.165, 1.54) is 11.3 Å². The lowest BCUT2D eigenvalue weighted by molar-refractivity contribution is -0.120. The number of nitrogens with one attached hydrogen (secondary N) is 2. The molecular formula is C20H16N4O2S. The molecule has 0 unspecified atom stereocenters. The first-order valence-corrected chi connectivity index (χ1v) is 9.08. The third-order valence-electron chi connectivity index (χ3n) is 3.72. The third kappa shape index (κ3) is 5.23. The summed E-state index contributed by atoms with van der Waals surface area (Å²) >= 11 is 1.28. The molecule has 0 saturated heterocycles. The standard InChI is InChI=1S/C20H16N4O2S/c21-11-14-6-8-15(9-7-14)12-22-18(25)10-17-13-27-20(23-17)24-19(26)16-4-2-1-3-5-16/h1-9,13H,10,12H2,(H,22,25)(H,23,24,26). The fourth-order valence-electron chi connectivity index (χ4n) is 2.33. The average Bonchev–Trinajstić information content (AvgIpc) is 3.14. The molecule has 6 nitrogen and oxygen atoms in total. The minimum atomic E-state index is -0.234. The van der Waals surface area contributed by atoms with Crippen LogP contribution in [0.25, 0.3) is 0 Å². The van der Waals surface area contributed by atoms with Gasteiger partial charge in [0.2, 0.25) is 5.91 Å². The summed E-state index contributed by atoms with van der Waals surface area (Å²) < 4.78 is 0. The number of amides is 2. The third-order valence-corrected chi connectivity index (χ3v) is 4.53. The van der Waals surface area contributed by atoms with Gasteiger partial charge in [-0.15, -0.1) is 11.3 Å². The highest BCUT2D eigenvalue weighted by Gasteiger charge is 2.11. The van der Waals surface area contributed by atoms with Crippen LogP contribution in [0.15, 0.2) is 60.0 Å². The Labute approximate surface area is 160 Å². The number of nitriles is 1. The number of carbonyl (C=O) groups is 2. The summed E-state index contributed by atoms with van der Waals surface area (Å²) in [4.78, 5) is 28.5. The van der Waals surface area contributed by atoms with E-state index in [0.29, 0.717) is 28.5 Å². The summed E-state index contributed by atoms with van der Waals surface area (Å²) in [5, 5.41) is 16.5. The number of aromatic nitrogens is 1. The second kappa shape index (κ2) is 8.74. The van der Waals surface area contributed by atoms with Crippen molar-refractivity contribution < 1.29 is 9.59 Å². The molecule has 0 spiro atoms. The highest BCUT2D eigenvalue weighted by molar-refractivity contribution is 7.14.